The first-order valence-corrected chi connectivity index (χ1v) is 9.60. The first kappa shape index (κ1) is 20.2. The van der Waals surface area contributed by atoms with E-state index in [1.54, 1.807) is 30.6 Å². The van der Waals surface area contributed by atoms with Gasteiger partial charge in [0.05, 0.1) is 12.2 Å². The van der Waals surface area contributed by atoms with Crippen LogP contribution in [0.5, 0.6) is 5.75 Å². The van der Waals surface area contributed by atoms with E-state index in [9.17, 15) is 13.6 Å². The van der Waals surface area contributed by atoms with Gasteiger partial charge in [-0.05, 0) is 63.5 Å². The first-order chi connectivity index (χ1) is 13.4. The molecule has 0 atom stereocenters. The van der Waals surface area contributed by atoms with Crippen molar-refractivity contribution < 1.29 is 18.3 Å². The number of primary amides is 1. The van der Waals surface area contributed by atoms with Crippen LogP contribution in [0.2, 0.25) is 0 Å². The molecule has 144 valence electrons. The van der Waals surface area contributed by atoms with Crippen LogP contribution in [0.15, 0.2) is 54.9 Å². The summed E-state index contributed by atoms with van der Waals surface area (Å²) in [5, 5.41) is 0. The number of amides is 1. The topological polar surface area (TPSA) is 65.2 Å². The van der Waals surface area contributed by atoms with Gasteiger partial charge in [-0.2, -0.15) is 0 Å². The molecule has 0 aliphatic carbocycles. The Morgan fingerprint density at radius 1 is 1.14 bits per heavy atom. The van der Waals surface area contributed by atoms with Gasteiger partial charge in [0.25, 0.3) is 5.91 Å². The van der Waals surface area contributed by atoms with Crippen LogP contribution in [0.3, 0.4) is 0 Å². The van der Waals surface area contributed by atoms with E-state index in [-0.39, 0.29) is 29.9 Å². The molecule has 3 rings (SSSR count). The number of nitrogens with zero attached hydrogens (tertiary/aromatic N) is 1. The average Bonchev–Trinajstić information content (AvgIpc) is 2.64. The lowest BCUT2D eigenvalue weighted by Gasteiger charge is -2.15. The molecule has 0 aliphatic rings. The van der Waals surface area contributed by atoms with Crippen LogP contribution in [0, 0.1) is 15.2 Å². The Bertz CT molecular complexity index is 997. The fourth-order valence-corrected chi connectivity index (χ4v) is 3.32. The molecule has 1 aromatic heterocycles. The number of hydrogen-bond acceptors (Lipinski definition) is 3. The maximum Gasteiger partial charge on any atom is 0.252 e. The van der Waals surface area contributed by atoms with Crippen LogP contribution in [0.1, 0.15) is 27.0 Å². The minimum Gasteiger partial charge on any atom is -0.492 e. The van der Waals surface area contributed by atoms with Crippen LogP contribution >= 0.6 is 22.6 Å². The molecule has 2 N–H and O–H groups in total. The molecular formula is C21H17F2IN2O2. The fourth-order valence-electron chi connectivity index (χ4n) is 2.86. The fraction of sp³-hybridized carbons (Fsp3) is 0.143. The molecule has 0 saturated heterocycles. The lowest BCUT2D eigenvalue weighted by Crippen LogP contribution is -2.17. The van der Waals surface area contributed by atoms with Crippen LogP contribution in [-0.2, 0) is 12.8 Å². The number of aromatic nitrogens is 1. The standard InChI is InChI=1S/C21H17F2IN2O2/c22-16-9-15(8-14-3-4-17(24)11-18(14)23)20(21(25)27)19(10-16)28-7-5-13-2-1-6-26-12-13/h1-4,6,9-12H,5,7-8H2,(H2,25,27). The monoisotopic (exact) mass is 494 g/mol. The van der Waals surface area contributed by atoms with E-state index in [1.165, 1.54) is 12.1 Å². The van der Waals surface area contributed by atoms with Crippen molar-refractivity contribution in [2.24, 2.45) is 5.73 Å². The molecule has 4 nitrogen and oxygen atoms in total. The quantitative estimate of drug-likeness (QED) is 0.499. The number of nitrogens with two attached hydrogens (primary N) is 1. The van der Waals surface area contributed by atoms with Crippen molar-refractivity contribution in [3.63, 3.8) is 0 Å². The van der Waals surface area contributed by atoms with Gasteiger partial charge in [-0.1, -0.05) is 12.1 Å². The summed E-state index contributed by atoms with van der Waals surface area (Å²) in [5.74, 6) is -1.71. The summed E-state index contributed by atoms with van der Waals surface area (Å²) in [4.78, 5) is 16.1. The Morgan fingerprint density at radius 3 is 2.64 bits per heavy atom. The Hall–Kier alpha value is -2.55. The van der Waals surface area contributed by atoms with Crippen molar-refractivity contribution in [1.82, 2.24) is 4.98 Å². The second-order valence-electron chi connectivity index (χ2n) is 6.17. The van der Waals surface area contributed by atoms with Gasteiger partial charge in [0.1, 0.15) is 17.4 Å². The van der Waals surface area contributed by atoms with Gasteiger partial charge in [0, 0.05) is 34.9 Å². The molecule has 2 aromatic carbocycles. The molecule has 0 radical (unpaired) electrons. The Labute approximate surface area is 174 Å². The number of rotatable bonds is 7. The largest absolute Gasteiger partial charge is 0.492 e. The summed E-state index contributed by atoms with van der Waals surface area (Å²) in [6.07, 6.45) is 3.93. The third-order valence-electron chi connectivity index (χ3n) is 4.16. The molecule has 3 aromatic rings. The molecule has 28 heavy (non-hydrogen) atoms. The summed E-state index contributed by atoms with van der Waals surface area (Å²) in [6.45, 7) is 0.215. The van der Waals surface area contributed by atoms with E-state index in [1.807, 2.05) is 28.7 Å². The van der Waals surface area contributed by atoms with Gasteiger partial charge in [0.2, 0.25) is 0 Å². The molecule has 0 unspecified atom stereocenters. The molecule has 1 heterocycles. The summed E-state index contributed by atoms with van der Waals surface area (Å²) < 4.78 is 34.8. The van der Waals surface area contributed by atoms with Crippen molar-refractivity contribution in [3.8, 4) is 5.75 Å². The molecule has 7 heteroatoms. The Kier molecular flexibility index (Phi) is 6.56. The van der Waals surface area contributed by atoms with Gasteiger partial charge < -0.3 is 10.5 Å². The number of carbonyl (C=O) groups excluding carboxylic acids is 1. The zero-order valence-corrected chi connectivity index (χ0v) is 16.9. The summed E-state index contributed by atoms with van der Waals surface area (Å²) in [5.41, 5.74) is 7.15. The van der Waals surface area contributed by atoms with Crippen molar-refractivity contribution >= 4 is 28.5 Å². The van der Waals surface area contributed by atoms with Crippen molar-refractivity contribution in [2.75, 3.05) is 6.61 Å². The predicted molar refractivity (Wildman–Crippen MR) is 110 cm³/mol. The molecule has 0 aliphatic heterocycles. The van der Waals surface area contributed by atoms with E-state index in [0.717, 1.165) is 15.2 Å². The zero-order chi connectivity index (χ0) is 20.1. The minimum atomic E-state index is -0.753. The number of benzene rings is 2. The molecule has 0 spiro atoms. The van der Waals surface area contributed by atoms with Gasteiger partial charge in [-0.3, -0.25) is 9.78 Å². The van der Waals surface area contributed by atoms with Gasteiger partial charge in [-0.25, -0.2) is 8.78 Å². The summed E-state index contributed by atoms with van der Waals surface area (Å²) in [7, 11) is 0. The van der Waals surface area contributed by atoms with Crippen LogP contribution in [0.4, 0.5) is 8.78 Å². The predicted octanol–water partition coefficient (Wildman–Crippen LogP) is 4.28. The lowest BCUT2D eigenvalue weighted by atomic mass is 9.98. The molecule has 0 bridgehead atoms. The number of ether oxygens (including phenoxy) is 1. The minimum absolute atomic E-state index is 0.0255. The van der Waals surface area contributed by atoms with E-state index in [4.69, 9.17) is 10.5 Å². The van der Waals surface area contributed by atoms with E-state index < -0.39 is 17.5 Å². The highest BCUT2D eigenvalue weighted by Gasteiger charge is 2.19. The highest BCUT2D eigenvalue weighted by Crippen LogP contribution is 2.27. The van der Waals surface area contributed by atoms with Crippen molar-refractivity contribution in [1.29, 1.82) is 0 Å². The third-order valence-corrected chi connectivity index (χ3v) is 4.83. The number of pyridine rings is 1. The zero-order valence-electron chi connectivity index (χ0n) is 14.8. The Balaban J connectivity index is 1.87. The lowest BCUT2D eigenvalue weighted by molar-refractivity contribution is 0.0995. The Morgan fingerprint density at radius 2 is 1.96 bits per heavy atom. The van der Waals surface area contributed by atoms with Crippen LogP contribution < -0.4 is 10.5 Å². The summed E-state index contributed by atoms with van der Waals surface area (Å²) in [6, 6.07) is 10.7. The second kappa shape index (κ2) is 9.09. The molecule has 0 saturated carbocycles. The first-order valence-electron chi connectivity index (χ1n) is 8.52. The van der Waals surface area contributed by atoms with Crippen molar-refractivity contribution in [2.45, 2.75) is 12.8 Å². The molecule has 1 amide bonds. The normalized spacial score (nSPS) is 10.7. The highest BCUT2D eigenvalue weighted by molar-refractivity contribution is 14.1. The third kappa shape index (κ3) is 5.03. The second-order valence-corrected chi connectivity index (χ2v) is 7.42. The van der Waals surface area contributed by atoms with Gasteiger partial charge >= 0.3 is 0 Å². The van der Waals surface area contributed by atoms with E-state index in [0.29, 0.717) is 12.0 Å². The maximum atomic E-state index is 14.2. The average molecular weight is 494 g/mol. The molecule has 0 fully saturated rings. The molecular weight excluding hydrogens is 477 g/mol. The maximum absolute atomic E-state index is 14.2. The number of carbonyl (C=O) groups is 1. The van der Waals surface area contributed by atoms with Crippen LogP contribution in [0.25, 0.3) is 0 Å². The SMILES string of the molecule is NC(=O)c1c(Cc2ccc(I)cc2F)cc(F)cc1OCCc1cccnc1. The van der Waals surface area contributed by atoms with Gasteiger partial charge in [-0.15, -0.1) is 0 Å². The smallest absolute Gasteiger partial charge is 0.252 e. The van der Waals surface area contributed by atoms with E-state index >= 15 is 0 Å². The number of hydrogen-bond donors (Lipinski definition) is 1. The van der Waals surface area contributed by atoms with Crippen LogP contribution in [-0.4, -0.2) is 17.5 Å². The number of halogens is 3. The van der Waals surface area contributed by atoms with Crippen molar-refractivity contribution in [3.05, 3.63) is 92.3 Å². The van der Waals surface area contributed by atoms with Gasteiger partial charge in [0.15, 0.2) is 0 Å². The summed E-state index contributed by atoms with van der Waals surface area (Å²) >= 11 is 2.00. The highest BCUT2D eigenvalue weighted by atomic mass is 127. The van der Waals surface area contributed by atoms with E-state index in [2.05, 4.69) is 4.98 Å².